The number of hydrogen-bond donors (Lipinski definition) is 0. The zero-order chi connectivity index (χ0) is 11.2. The maximum Gasteiger partial charge on any atom is 0.162 e. The van der Waals surface area contributed by atoms with Gasteiger partial charge in [-0.15, -0.1) is 0 Å². The highest BCUT2D eigenvalue weighted by atomic mass is 79.9. The van der Waals surface area contributed by atoms with E-state index in [4.69, 9.17) is 0 Å². The van der Waals surface area contributed by atoms with Crippen molar-refractivity contribution in [2.75, 3.05) is 0 Å². The Bertz CT molecular complexity index is 559. The van der Waals surface area contributed by atoms with Crippen molar-refractivity contribution < 1.29 is 9.18 Å². The molecule has 4 heteroatoms. The predicted octanol–water partition coefficient (Wildman–Crippen LogP) is 3.28. The largest absolute Gasteiger partial charge is 0.349 e. The number of carbonyl (C=O) groups is 1. The molecule has 2 rings (SSSR count). The molecule has 0 unspecified atom stereocenters. The fourth-order valence-electron chi connectivity index (χ4n) is 1.73. The van der Waals surface area contributed by atoms with Crippen molar-refractivity contribution in [3.63, 3.8) is 0 Å². The average molecular weight is 270 g/mol. The van der Waals surface area contributed by atoms with Crippen molar-refractivity contribution in [3.8, 4) is 0 Å². The normalized spacial score (nSPS) is 10.9. The topological polar surface area (TPSA) is 22.0 Å². The number of fused-ring (bicyclic) bond motifs is 1. The Morgan fingerprint density at radius 2 is 2.13 bits per heavy atom. The van der Waals surface area contributed by atoms with Crippen molar-refractivity contribution in [1.82, 2.24) is 4.57 Å². The van der Waals surface area contributed by atoms with Crippen LogP contribution in [-0.2, 0) is 7.05 Å². The maximum atomic E-state index is 13.6. The van der Waals surface area contributed by atoms with Crippen molar-refractivity contribution in [3.05, 3.63) is 34.2 Å². The Labute approximate surface area is 94.8 Å². The smallest absolute Gasteiger partial charge is 0.162 e. The summed E-state index contributed by atoms with van der Waals surface area (Å²) < 4.78 is 16.1. The fourth-order valence-corrected chi connectivity index (χ4v) is 2.34. The Morgan fingerprint density at radius 1 is 1.47 bits per heavy atom. The minimum Gasteiger partial charge on any atom is -0.349 e. The third-order valence-electron chi connectivity index (χ3n) is 2.40. The van der Waals surface area contributed by atoms with Crippen LogP contribution in [0.4, 0.5) is 4.39 Å². The molecule has 0 saturated carbocycles. The van der Waals surface area contributed by atoms with E-state index >= 15 is 0 Å². The number of rotatable bonds is 1. The molecule has 0 aliphatic heterocycles. The lowest BCUT2D eigenvalue weighted by atomic mass is 10.1. The van der Waals surface area contributed by atoms with Crippen LogP contribution in [-0.4, -0.2) is 10.4 Å². The van der Waals surface area contributed by atoms with Crippen LogP contribution in [0.15, 0.2) is 22.8 Å². The lowest BCUT2D eigenvalue weighted by Crippen LogP contribution is -1.90. The van der Waals surface area contributed by atoms with Crippen LogP contribution in [0.25, 0.3) is 10.9 Å². The Balaban J connectivity index is 2.98. The van der Waals surface area contributed by atoms with Gasteiger partial charge in [0.05, 0.1) is 5.52 Å². The van der Waals surface area contributed by atoms with Crippen LogP contribution in [0.1, 0.15) is 17.3 Å². The second-order valence-electron chi connectivity index (χ2n) is 3.46. The quantitative estimate of drug-likeness (QED) is 0.729. The number of Topliss-reactive ketones (excluding diaryl/α,β-unsaturated/α-hetero) is 1. The first-order chi connectivity index (χ1) is 7.02. The fraction of sp³-hybridized carbons (Fsp3) is 0.182. The van der Waals surface area contributed by atoms with Gasteiger partial charge in [0.15, 0.2) is 5.78 Å². The minimum atomic E-state index is -0.362. The number of aromatic nitrogens is 1. The van der Waals surface area contributed by atoms with E-state index in [0.29, 0.717) is 16.5 Å². The van der Waals surface area contributed by atoms with Crippen LogP contribution >= 0.6 is 15.9 Å². The summed E-state index contributed by atoms with van der Waals surface area (Å²) in [4.78, 5) is 11.3. The molecule has 0 fully saturated rings. The van der Waals surface area contributed by atoms with Crippen LogP contribution < -0.4 is 0 Å². The highest BCUT2D eigenvalue weighted by molar-refractivity contribution is 9.10. The third-order valence-corrected chi connectivity index (χ3v) is 3.04. The van der Waals surface area contributed by atoms with E-state index < -0.39 is 0 Å². The van der Waals surface area contributed by atoms with Gasteiger partial charge >= 0.3 is 0 Å². The lowest BCUT2D eigenvalue weighted by Gasteiger charge is -2.00. The standard InChI is InChI=1S/C11H9BrFNO/c1-6(15)7-5-14(2)11-8(12)3-4-9(13)10(7)11/h3-5H,1-2H3. The van der Waals surface area contributed by atoms with Gasteiger partial charge in [-0.05, 0) is 35.0 Å². The Hall–Kier alpha value is -1.16. The highest BCUT2D eigenvalue weighted by Gasteiger charge is 2.16. The molecule has 0 aliphatic rings. The highest BCUT2D eigenvalue weighted by Crippen LogP contribution is 2.30. The van der Waals surface area contributed by atoms with E-state index in [2.05, 4.69) is 15.9 Å². The van der Waals surface area contributed by atoms with Crippen LogP contribution in [0.2, 0.25) is 0 Å². The first-order valence-corrected chi connectivity index (χ1v) is 5.25. The molecule has 2 aromatic rings. The molecular weight excluding hydrogens is 261 g/mol. The van der Waals surface area contributed by atoms with E-state index in [1.807, 2.05) is 0 Å². The van der Waals surface area contributed by atoms with Crippen LogP contribution in [0.3, 0.4) is 0 Å². The van der Waals surface area contributed by atoms with E-state index in [1.54, 1.807) is 23.9 Å². The predicted molar refractivity (Wildman–Crippen MR) is 60.6 cm³/mol. The van der Waals surface area contributed by atoms with Crippen LogP contribution in [0.5, 0.6) is 0 Å². The van der Waals surface area contributed by atoms with E-state index in [0.717, 1.165) is 4.47 Å². The second kappa shape index (κ2) is 3.45. The first-order valence-electron chi connectivity index (χ1n) is 4.46. The molecule has 0 atom stereocenters. The molecule has 2 nitrogen and oxygen atoms in total. The molecular formula is C11H9BrFNO. The minimum absolute atomic E-state index is 0.127. The maximum absolute atomic E-state index is 13.6. The van der Waals surface area contributed by atoms with Crippen molar-refractivity contribution in [2.45, 2.75) is 6.92 Å². The summed E-state index contributed by atoms with van der Waals surface area (Å²) in [7, 11) is 1.79. The van der Waals surface area contributed by atoms with Gasteiger partial charge in [-0.2, -0.15) is 0 Å². The summed E-state index contributed by atoms with van der Waals surface area (Å²) in [6, 6.07) is 3.00. The van der Waals surface area contributed by atoms with Gasteiger partial charge in [-0.25, -0.2) is 4.39 Å². The van der Waals surface area contributed by atoms with Gasteiger partial charge in [-0.3, -0.25) is 4.79 Å². The van der Waals surface area contributed by atoms with E-state index in [-0.39, 0.29) is 11.6 Å². The van der Waals surface area contributed by atoms with Crippen LogP contribution in [0, 0.1) is 5.82 Å². The number of carbonyl (C=O) groups excluding carboxylic acids is 1. The molecule has 0 N–H and O–H groups in total. The van der Waals surface area contributed by atoms with Gasteiger partial charge in [0, 0.05) is 28.7 Å². The molecule has 1 aromatic carbocycles. The molecule has 0 spiro atoms. The summed E-state index contributed by atoms with van der Waals surface area (Å²) in [5.41, 5.74) is 1.13. The second-order valence-corrected chi connectivity index (χ2v) is 4.32. The number of aryl methyl sites for hydroxylation is 1. The number of halogens is 2. The van der Waals surface area contributed by atoms with E-state index in [9.17, 15) is 9.18 Å². The lowest BCUT2D eigenvalue weighted by molar-refractivity contribution is 0.101. The summed E-state index contributed by atoms with van der Waals surface area (Å²) in [5.74, 6) is -0.489. The zero-order valence-electron chi connectivity index (χ0n) is 8.34. The molecule has 1 aromatic heterocycles. The van der Waals surface area contributed by atoms with Gasteiger partial charge in [0.25, 0.3) is 0 Å². The zero-order valence-corrected chi connectivity index (χ0v) is 9.93. The van der Waals surface area contributed by atoms with Gasteiger partial charge in [-0.1, -0.05) is 0 Å². The molecule has 78 valence electrons. The van der Waals surface area contributed by atoms with Crippen molar-refractivity contribution in [1.29, 1.82) is 0 Å². The van der Waals surface area contributed by atoms with Gasteiger partial charge in [0.2, 0.25) is 0 Å². The first kappa shape index (κ1) is 10.4. The van der Waals surface area contributed by atoms with E-state index in [1.165, 1.54) is 13.0 Å². The number of nitrogens with zero attached hydrogens (tertiary/aromatic N) is 1. The summed E-state index contributed by atoms with van der Waals surface area (Å²) >= 11 is 3.35. The van der Waals surface area contributed by atoms with Gasteiger partial charge < -0.3 is 4.57 Å². The molecule has 0 saturated heterocycles. The molecule has 15 heavy (non-hydrogen) atoms. The Kier molecular flexibility index (Phi) is 2.38. The molecule has 1 heterocycles. The number of benzene rings is 1. The Morgan fingerprint density at radius 3 is 2.73 bits per heavy atom. The summed E-state index contributed by atoms with van der Waals surface area (Å²) in [6.07, 6.45) is 1.65. The monoisotopic (exact) mass is 269 g/mol. The van der Waals surface area contributed by atoms with Crippen molar-refractivity contribution in [2.24, 2.45) is 7.05 Å². The molecule has 0 bridgehead atoms. The molecule has 0 radical (unpaired) electrons. The summed E-state index contributed by atoms with van der Waals surface area (Å²) in [6.45, 7) is 1.44. The number of ketones is 1. The number of hydrogen-bond acceptors (Lipinski definition) is 1. The SMILES string of the molecule is CC(=O)c1cn(C)c2c(Br)ccc(F)c12. The van der Waals surface area contributed by atoms with Crippen molar-refractivity contribution >= 4 is 32.6 Å². The van der Waals surface area contributed by atoms with Gasteiger partial charge in [0.1, 0.15) is 5.82 Å². The third kappa shape index (κ3) is 1.49. The summed E-state index contributed by atoms with van der Waals surface area (Å²) in [5, 5.41) is 0.388. The average Bonchev–Trinajstić information content (AvgIpc) is 2.51. The molecule has 0 aliphatic carbocycles. The molecule has 0 amide bonds.